The summed E-state index contributed by atoms with van der Waals surface area (Å²) in [6.07, 6.45) is 0.0253. The van der Waals surface area contributed by atoms with Gasteiger partial charge in [-0.05, 0) is 24.5 Å². The first-order chi connectivity index (χ1) is 9.19. The Kier molecular flexibility index (Phi) is 5.02. The summed E-state index contributed by atoms with van der Waals surface area (Å²) in [5, 5.41) is 11.5. The van der Waals surface area contributed by atoms with Crippen molar-refractivity contribution in [3.63, 3.8) is 0 Å². The Hall–Kier alpha value is -2.17. The number of ketones is 1. The van der Waals surface area contributed by atoms with Gasteiger partial charge in [-0.3, -0.25) is 14.4 Å². The Morgan fingerprint density at radius 3 is 2.40 bits per heavy atom. The predicted molar refractivity (Wildman–Crippen MR) is 75.7 cm³/mol. The smallest absolute Gasteiger partial charge is 0.303 e. The minimum atomic E-state index is -0.929. The van der Waals surface area contributed by atoms with Crippen LogP contribution in [-0.2, 0) is 9.59 Å². The van der Waals surface area contributed by atoms with Gasteiger partial charge in [-0.15, -0.1) is 0 Å². The van der Waals surface area contributed by atoms with Gasteiger partial charge in [0.1, 0.15) is 0 Å². The first-order valence-electron chi connectivity index (χ1n) is 6.32. The summed E-state index contributed by atoms with van der Waals surface area (Å²) in [7, 11) is 0. The molecule has 5 nitrogen and oxygen atoms in total. The molecule has 108 valence electrons. The van der Waals surface area contributed by atoms with Crippen LogP contribution in [0, 0.1) is 5.41 Å². The third-order valence-corrected chi connectivity index (χ3v) is 2.82. The summed E-state index contributed by atoms with van der Waals surface area (Å²) in [6.45, 7) is 4.91. The molecular weight excluding hydrogens is 258 g/mol. The van der Waals surface area contributed by atoms with E-state index in [-0.39, 0.29) is 24.5 Å². The van der Waals surface area contributed by atoms with Gasteiger partial charge in [-0.1, -0.05) is 26.0 Å². The maximum absolute atomic E-state index is 11.9. The van der Waals surface area contributed by atoms with Crippen molar-refractivity contribution in [1.82, 2.24) is 0 Å². The molecule has 0 saturated carbocycles. The van der Waals surface area contributed by atoms with Gasteiger partial charge >= 0.3 is 5.97 Å². The normalized spacial score (nSPS) is 10.9. The first kappa shape index (κ1) is 15.9. The number of hydrogen-bond donors (Lipinski definition) is 2. The zero-order valence-electron chi connectivity index (χ0n) is 11.9. The van der Waals surface area contributed by atoms with Crippen molar-refractivity contribution in [2.24, 2.45) is 5.41 Å². The lowest BCUT2D eigenvalue weighted by atomic mass is 9.85. The number of amides is 1. The van der Waals surface area contributed by atoms with E-state index in [1.807, 2.05) is 0 Å². The van der Waals surface area contributed by atoms with E-state index in [4.69, 9.17) is 5.11 Å². The van der Waals surface area contributed by atoms with Crippen molar-refractivity contribution in [3.05, 3.63) is 29.8 Å². The molecule has 0 unspecified atom stereocenters. The number of nitrogens with one attached hydrogen (secondary N) is 1. The van der Waals surface area contributed by atoms with Gasteiger partial charge in [-0.25, -0.2) is 0 Å². The predicted octanol–water partition coefficient (Wildman–Crippen LogP) is 2.72. The highest BCUT2D eigenvalue weighted by molar-refractivity contribution is 5.97. The maximum atomic E-state index is 11.9. The lowest BCUT2D eigenvalue weighted by Gasteiger charge is -2.21. The zero-order valence-corrected chi connectivity index (χ0v) is 11.9. The summed E-state index contributed by atoms with van der Waals surface area (Å²) in [5.74, 6) is -1.27. The van der Waals surface area contributed by atoms with E-state index in [1.54, 1.807) is 38.1 Å². The van der Waals surface area contributed by atoms with Crippen LogP contribution >= 0.6 is 0 Å². The van der Waals surface area contributed by atoms with Gasteiger partial charge < -0.3 is 10.4 Å². The van der Waals surface area contributed by atoms with Crippen molar-refractivity contribution in [3.8, 4) is 0 Å². The van der Waals surface area contributed by atoms with Crippen LogP contribution in [0.25, 0.3) is 0 Å². The minimum Gasteiger partial charge on any atom is -0.481 e. The lowest BCUT2D eigenvalue weighted by molar-refractivity contribution is -0.139. The van der Waals surface area contributed by atoms with Gasteiger partial charge in [-0.2, -0.15) is 0 Å². The summed E-state index contributed by atoms with van der Waals surface area (Å²) >= 11 is 0. The molecule has 0 radical (unpaired) electrons. The molecule has 1 rings (SSSR count). The lowest BCUT2D eigenvalue weighted by Crippen LogP contribution is -2.24. The number of benzene rings is 1. The quantitative estimate of drug-likeness (QED) is 0.783. The second-order valence-electron chi connectivity index (χ2n) is 5.60. The fourth-order valence-corrected chi connectivity index (χ4v) is 1.93. The van der Waals surface area contributed by atoms with Crippen LogP contribution in [0.1, 0.15) is 44.0 Å². The van der Waals surface area contributed by atoms with Crippen molar-refractivity contribution in [2.45, 2.75) is 33.6 Å². The Morgan fingerprint density at radius 2 is 1.85 bits per heavy atom. The Bertz CT molecular complexity index is 534. The van der Waals surface area contributed by atoms with Crippen LogP contribution in [0.4, 0.5) is 5.69 Å². The number of carboxylic acid groups (broad SMARTS) is 1. The second kappa shape index (κ2) is 6.32. The monoisotopic (exact) mass is 277 g/mol. The molecule has 2 N–H and O–H groups in total. The zero-order chi connectivity index (χ0) is 15.3. The molecule has 5 heteroatoms. The third-order valence-electron chi connectivity index (χ3n) is 2.82. The van der Waals surface area contributed by atoms with Gasteiger partial charge in [0.25, 0.3) is 0 Å². The molecule has 0 spiro atoms. The van der Waals surface area contributed by atoms with Crippen LogP contribution in [0.15, 0.2) is 24.3 Å². The SMILES string of the molecule is CC(=O)c1cccc(NC(=O)CC(C)(C)CC(=O)O)c1. The molecule has 1 amide bonds. The van der Waals surface area contributed by atoms with Crippen LogP contribution in [-0.4, -0.2) is 22.8 Å². The van der Waals surface area contributed by atoms with E-state index in [0.29, 0.717) is 11.3 Å². The van der Waals surface area contributed by atoms with E-state index in [2.05, 4.69) is 5.32 Å². The molecule has 20 heavy (non-hydrogen) atoms. The standard InChI is InChI=1S/C15H19NO4/c1-10(17)11-5-4-6-12(7-11)16-13(18)8-15(2,3)9-14(19)20/h4-7H,8-9H2,1-3H3,(H,16,18)(H,19,20). The fourth-order valence-electron chi connectivity index (χ4n) is 1.93. The first-order valence-corrected chi connectivity index (χ1v) is 6.32. The van der Waals surface area contributed by atoms with E-state index >= 15 is 0 Å². The number of anilines is 1. The van der Waals surface area contributed by atoms with Gasteiger partial charge in [0.2, 0.25) is 5.91 Å². The number of rotatable bonds is 6. The summed E-state index contributed by atoms with van der Waals surface area (Å²) in [6, 6.07) is 6.65. The number of carboxylic acids is 1. The van der Waals surface area contributed by atoms with E-state index in [9.17, 15) is 14.4 Å². The molecule has 0 aromatic heterocycles. The molecule has 0 fully saturated rings. The number of aliphatic carboxylic acids is 1. The second-order valence-corrected chi connectivity index (χ2v) is 5.60. The van der Waals surface area contributed by atoms with Crippen LogP contribution in [0.3, 0.4) is 0 Å². The Morgan fingerprint density at radius 1 is 1.20 bits per heavy atom. The van der Waals surface area contributed by atoms with Crippen molar-refractivity contribution < 1.29 is 19.5 Å². The average molecular weight is 277 g/mol. The molecule has 0 aliphatic rings. The Labute approximate surface area is 118 Å². The molecule has 1 aromatic rings. The van der Waals surface area contributed by atoms with Crippen molar-refractivity contribution in [1.29, 1.82) is 0 Å². The molecular formula is C15H19NO4. The van der Waals surface area contributed by atoms with Crippen molar-refractivity contribution >= 4 is 23.3 Å². The molecule has 0 heterocycles. The highest BCUT2D eigenvalue weighted by Gasteiger charge is 2.25. The Balaban J connectivity index is 2.69. The van der Waals surface area contributed by atoms with E-state index in [1.165, 1.54) is 6.92 Å². The summed E-state index contributed by atoms with van der Waals surface area (Å²) < 4.78 is 0. The van der Waals surface area contributed by atoms with E-state index < -0.39 is 11.4 Å². The average Bonchev–Trinajstić information content (AvgIpc) is 2.25. The molecule has 0 aliphatic carbocycles. The summed E-state index contributed by atoms with van der Waals surface area (Å²) in [5.41, 5.74) is 0.440. The third kappa shape index (κ3) is 5.22. The van der Waals surface area contributed by atoms with E-state index in [0.717, 1.165) is 0 Å². The minimum absolute atomic E-state index is 0.0755. The molecule has 0 saturated heterocycles. The van der Waals surface area contributed by atoms with Gasteiger partial charge in [0.15, 0.2) is 5.78 Å². The van der Waals surface area contributed by atoms with Crippen molar-refractivity contribution in [2.75, 3.05) is 5.32 Å². The highest BCUT2D eigenvalue weighted by Crippen LogP contribution is 2.25. The number of hydrogen-bond acceptors (Lipinski definition) is 3. The number of carbonyl (C=O) groups excluding carboxylic acids is 2. The van der Waals surface area contributed by atoms with Crippen LogP contribution in [0.2, 0.25) is 0 Å². The number of carbonyl (C=O) groups is 3. The van der Waals surface area contributed by atoms with Gasteiger partial charge in [0, 0.05) is 17.7 Å². The van der Waals surface area contributed by atoms with Gasteiger partial charge in [0.05, 0.1) is 6.42 Å². The summed E-state index contributed by atoms with van der Waals surface area (Å²) in [4.78, 5) is 33.9. The number of Topliss-reactive ketones (excluding diaryl/α,β-unsaturated/α-hetero) is 1. The largest absolute Gasteiger partial charge is 0.481 e. The molecule has 1 aromatic carbocycles. The fraction of sp³-hybridized carbons (Fsp3) is 0.400. The molecule has 0 bridgehead atoms. The topological polar surface area (TPSA) is 83.5 Å². The van der Waals surface area contributed by atoms with Crippen LogP contribution < -0.4 is 5.32 Å². The molecule has 0 atom stereocenters. The molecule has 0 aliphatic heterocycles. The van der Waals surface area contributed by atoms with Crippen LogP contribution in [0.5, 0.6) is 0 Å². The maximum Gasteiger partial charge on any atom is 0.303 e. The highest BCUT2D eigenvalue weighted by atomic mass is 16.4.